The van der Waals surface area contributed by atoms with Crippen LogP contribution < -0.4 is 0 Å². The molecule has 244 valence electrons. The topological polar surface area (TPSA) is 112 Å². The van der Waals surface area contributed by atoms with Crippen molar-refractivity contribution in [3.63, 3.8) is 0 Å². The van der Waals surface area contributed by atoms with Crippen LogP contribution >= 0.6 is 0 Å². The summed E-state index contributed by atoms with van der Waals surface area (Å²) >= 11 is 0. The van der Waals surface area contributed by atoms with Gasteiger partial charge >= 0.3 is 11.9 Å². The van der Waals surface area contributed by atoms with Gasteiger partial charge in [-0.15, -0.1) is 0 Å². The third kappa shape index (κ3) is 6.46. The first-order valence-corrected chi connectivity index (χ1v) is 16.0. The van der Waals surface area contributed by atoms with Crippen LogP contribution in [0.1, 0.15) is 127 Å². The molecule has 3 heterocycles. The molecule has 4 aliphatic rings. The minimum Gasteiger partial charge on any atom is -0.461 e. The molecule has 0 bridgehead atoms. The van der Waals surface area contributed by atoms with Gasteiger partial charge in [0.05, 0.1) is 13.2 Å². The molecule has 0 unspecified atom stereocenters. The zero-order valence-corrected chi connectivity index (χ0v) is 28.1. The fourth-order valence-electron chi connectivity index (χ4n) is 9.07. The van der Waals surface area contributed by atoms with Gasteiger partial charge in [-0.1, -0.05) is 6.42 Å². The van der Waals surface area contributed by atoms with Crippen LogP contribution in [0.15, 0.2) is 0 Å². The van der Waals surface area contributed by atoms with Crippen LogP contribution in [0.25, 0.3) is 0 Å². The van der Waals surface area contributed by atoms with E-state index in [1.165, 1.54) is 0 Å². The van der Waals surface area contributed by atoms with Crippen molar-refractivity contribution >= 4 is 23.8 Å². The Morgan fingerprint density at radius 3 is 1.21 bits per heavy atom. The Balaban J connectivity index is 1.58. The van der Waals surface area contributed by atoms with Crippen LogP contribution in [0.4, 0.5) is 0 Å². The van der Waals surface area contributed by atoms with Crippen LogP contribution in [0.2, 0.25) is 0 Å². The summed E-state index contributed by atoms with van der Waals surface area (Å²) in [5, 5.41) is 0. The molecule has 10 heteroatoms. The van der Waals surface area contributed by atoms with E-state index < -0.39 is 57.5 Å². The lowest BCUT2D eigenvalue weighted by molar-refractivity contribution is -0.312. The fraction of sp³-hybridized carbons (Fsp3) is 0.879. The Morgan fingerprint density at radius 1 is 0.581 bits per heavy atom. The zero-order chi connectivity index (χ0) is 32.2. The number of rotatable bonds is 4. The highest BCUT2D eigenvalue weighted by atomic mass is 16.7. The van der Waals surface area contributed by atoms with E-state index in [0.717, 1.165) is 19.3 Å². The van der Waals surface area contributed by atoms with E-state index >= 15 is 0 Å². The van der Waals surface area contributed by atoms with Crippen LogP contribution in [-0.2, 0) is 38.1 Å². The number of piperidine rings is 2. The third-order valence-electron chi connectivity index (χ3n) is 10.1. The molecule has 4 fully saturated rings. The largest absolute Gasteiger partial charge is 0.461 e. The maximum atomic E-state index is 14.2. The number of nitrogens with zero attached hydrogens (tertiary/aromatic N) is 2. The molecular weight excluding hydrogens is 552 g/mol. The van der Waals surface area contributed by atoms with E-state index in [4.69, 9.17) is 18.9 Å². The number of ether oxygens (including phenoxy) is 4. The van der Waals surface area contributed by atoms with E-state index in [2.05, 4.69) is 0 Å². The van der Waals surface area contributed by atoms with Gasteiger partial charge in [0, 0.05) is 74.5 Å². The predicted molar refractivity (Wildman–Crippen MR) is 160 cm³/mol. The first-order valence-electron chi connectivity index (χ1n) is 16.0. The molecule has 0 atom stereocenters. The number of amides is 2. The van der Waals surface area contributed by atoms with Crippen LogP contribution in [0.5, 0.6) is 0 Å². The lowest BCUT2D eigenvalue weighted by Gasteiger charge is -2.55. The minimum atomic E-state index is -1.78. The average molecular weight is 607 g/mol. The van der Waals surface area contributed by atoms with E-state index in [1.807, 2.05) is 65.2 Å². The zero-order valence-electron chi connectivity index (χ0n) is 28.1. The highest BCUT2D eigenvalue weighted by molar-refractivity contribution is 6.01. The molecule has 1 saturated carbocycles. The number of esters is 2. The molecule has 43 heavy (non-hydrogen) atoms. The maximum absolute atomic E-state index is 14.2. The normalized spacial score (nSPS) is 27.8. The number of carbonyl (C=O) groups excluding carboxylic acids is 4. The van der Waals surface area contributed by atoms with Crippen LogP contribution in [-0.4, -0.2) is 86.9 Å². The second kappa shape index (κ2) is 11.3. The second-order valence-electron chi connectivity index (χ2n) is 16.0. The fourth-order valence-corrected chi connectivity index (χ4v) is 9.07. The monoisotopic (exact) mass is 606 g/mol. The first-order chi connectivity index (χ1) is 19.7. The smallest absolute Gasteiger partial charge is 0.328 e. The summed E-state index contributed by atoms with van der Waals surface area (Å²) in [5.41, 5.74) is -4.00. The lowest BCUT2D eigenvalue weighted by Crippen LogP contribution is -2.65. The second-order valence-corrected chi connectivity index (χ2v) is 16.0. The Labute approximate surface area is 257 Å². The van der Waals surface area contributed by atoms with Gasteiger partial charge in [-0.25, -0.2) is 0 Å². The summed E-state index contributed by atoms with van der Waals surface area (Å²) in [6.45, 7) is 18.5. The molecule has 0 aromatic rings. The predicted octanol–water partition coefficient (Wildman–Crippen LogP) is 4.90. The highest BCUT2D eigenvalue weighted by Crippen LogP contribution is 2.45. The Morgan fingerprint density at radius 2 is 0.907 bits per heavy atom. The summed E-state index contributed by atoms with van der Waals surface area (Å²) in [6, 6.07) is 0. The molecule has 0 N–H and O–H groups in total. The van der Waals surface area contributed by atoms with E-state index in [0.29, 0.717) is 38.5 Å². The van der Waals surface area contributed by atoms with Crippen LogP contribution in [0.3, 0.4) is 0 Å². The van der Waals surface area contributed by atoms with Crippen molar-refractivity contribution in [3.05, 3.63) is 0 Å². The Bertz CT molecular complexity index is 1000. The lowest BCUT2D eigenvalue weighted by atomic mass is 9.77. The molecule has 10 nitrogen and oxygen atoms in total. The highest BCUT2D eigenvalue weighted by Gasteiger charge is 2.59. The van der Waals surface area contributed by atoms with Gasteiger partial charge in [-0.05, 0) is 68.2 Å². The van der Waals surface area contributed by atoms with Crippen molar-refractivity contribution in [1.29, 1.82) is 0 Å². The standard InChI is InChI=1S/C33H54N2O8/c1-22(36)34-28(3,4)16-24(17-29(34,5)6)42-26(38)32(20-40-33(41-21-32)14-12-11-13-15-33)27(39)43-25-18-30(7,8)35(23(2)37)31(9,10)19-25/h24-25H,11-21H2,1-10H3. The van der Waals surface area contributed by atoms with E-state index in [-0.39, 0.29) is 25.0 Å². The molecule has 0 aromatic carbocycles. The van der Waals surface area contributed by atoms with Gasteiger partial charge in [0.1, 0.15) is 12.2 Å². The Hall–Kier alpha value is -2.20. The number of hydrogen-bond donors (Lipinski definition) is 0. The molecule has 0 aromatic heterocycles. The van der Waals surface area contributed by atoms with Crippen molar-refractivity contribution in [2.24, 2.45) is 5.41 Å². The van der Waals surface area contributed by atoms with Crippen molar-refractivity contribution in [2.75, 3.05) is 13.2 Å². The number of hydrogen-bond acceptors (Lipinski definition) is 8. The van der Waals surface area contributed by atoms with Gasteiger partial charge in [-0.2, -0.15) is 0 Å². The molecular formula is C33H54N2O8. The molecule has 0 radical (unpaired) electrons. The SMILES string of the molecule is CC(=O)N1C(C)(C)CC(OC(=O)C2(C(=O)OC3CC(C)(C)N(C(C)=O)C(C)(C)C3)COC3(CCCCC3)OC2)CC1(C)C. The summed E-state index contributed by atoms with van der Waals surface area (Å²) in [4.78, 5) is 57.1. The van der Waals surface area contributed by atoms with E-state index in [1.54, 1.807) is 13.8 Å². The van der Waals surface area contributed by atoms with Gasteiger partial charge < -0.3 is 28.7 Å². The summed E-state index contributed by atoms with van der Waals surface area (Å²) < 4.78 is 24.9. The molecule has 3 saturated heterocycles. The summed E-state index contributed by atoms with van der Waals surface area (Å²) in [5.74, 6) is -2.29. The number of likely N-dealkylation sites (tertiary alicyclic amines) is 2. The molecule has 3 aliphatic heterocycles. The van der Waals surface area contributed by atoms with Gasteiger partial charge in [0.25, 0.3) is 0 Å². The Kier molecular flexibility index (Phi) is 8.86. The van der Waals surface area contributed by atoms with Crippen molar-refractivity contribution < 1.29 is 38.1 Å². The molecule has 4 rings (SSSR count). The molecule has 2 amide bonds. The third-order valence-corrected chi connectivity index (χ3v) is 10.1. The number of carbonyl (C=O) groups is 4. The average Bonchev–Trinajstić information content (AvgIpc) is 2.81. The summed E-state index contributed by atoms with van der Waals surface area (Å²) in [6.07, 6.45) is 5.15. The van der Waals surface area contributed by atoms with E-state index in [9.17, 15) is 19.2 Å². The summed E-state index contributed by atoms with van der Waals surface area (Å²) in [7, 11) is 0. The van der Waals surface area contributed by atoms with Gasteiger partial charge in [-0.3, -0.25) is 19.2 Å². The maximum Gasteiger partial charge on any atom is 0.328 e. The molecule has 1 spiro atoms. The quantitative estimate of drug-likeness (QED) is 0.328. The van der Waals surface area contributed by atoms with Crippen molar-refractivity contribution in [2.45, 2.75) is 167 Å². The van der Waals surface area contributed by atoms with Gasteiger partial charge in [0.2, 0.25) is 17.2 Å². The molecule has 1 aliphatic carbocycles. The minimum absolute atomic E-state index is 0.0339. The van der Waals surface area contributed by atoms with Crippen molar-refractivity contribution in [3.8, 4) is 0 Å². The first kappa shape index (κ1) is 33.7. The van der Waals surface area contributed by atoms with Crippen LogP contribution in [0, 0.1) is 5.41 Å². The van der Waals surface area contributed by atoms with Gasteiger partial charge in [0.15, 0.2) is 5.79 Å². The van der Waals surface area contributed by atoms with Crippen molar-refractivity contribution in [1.82, 2.24) is 9.80 Å².